The van der Waals surface area contributed by atoms with Crippen molar-refractivity contribution in [2.75, 3.05) is 13.1 Å². The predicted molar refractivity (Wildman–Crippen MR) is 90.1 cm³/mol. The van der Waals surface area contributed by atoms with Crippen molar-refractivity contribution in [2.45, 2.75) is 26.8 Å². The van der Waals surface area contributed by atoms with Gasteiger partial charge in [-0.3, -0.25) is 0 Å². The molecule has 2 heterocycles. The minimum absolute atomic E-state index is 0.962. The summed E-state index contributed by atoms with van der Waals surface area (Å²) in [5.41, 5.74) is 4.96. The molecule has 0 fully saturated rings. The summed E-state index contributed by atoms with van der Waals surface area (Å²) in [7, 11) is 0. The number of nitrogens with zero attached hydrogens (tertiary/aromatic N) is 2. The van der Waals surface area contributed by atoms with Gasteiger partial charge >= 0.3 is 0 Å². The minimum Gasteiger partial charge on any atom is -0.329 e. The highest BCUT2D eigenvalue weighted by Gasteiger charge is 2.04. The average molecular weight is 299 g/mol. The highest BCUT2D eigenvalue weighted by Crippen LogP contribution is 2.18. The first-order valence-corrected chi connectivity index (χ1v) is 8.27. The quantitative estimate of drug-likeness (QED) is 0.706. The summed E-state index contributed by atoms with van der Waals surface area (Å²) in [6.45, 7) is 7.27. The second-order valence-corrected chi connectivity index (χ2v) is 6.47. The van der Waals surface area contributed by atoms with Gasteiger partial charge < -0.3 is 9.88 Å². The van der Waals surface area contributed by atoms with Gasteiger partial charge in [-0.25, -0.2) is 4.98 Å². The minimum atomic E-state index is 0.962. The molecule has 3 nitrogen and oxygen atoms in total. The Morgan fingerprint density at radius 1 is 1.19 bits per heavy atom. The van der Waals surface area contributed by atoms with Crippen LogP contribution in [0.4, 0.5) is 0 Å². The third kappa shape index (κ3) is 3.34. The number of hydrogen-bond acceptors (Lipinski definition) is 3. The van der Waals surface area contributed by atoms with Crippen LogP contribution in [0.5, 0.6) is 0 Å². The highest BCUT2D eigenvalue weighted by atomic mass is 32.1. The first kappa shape index (κ1) is 14.3. The summed E-state index contributed by atoms with van der Waals surface area (Å²) in [6, 6.07) is 8.72. The molecule has 0 spiro atoms. The first-order chi connectivity index (χ1) is 10.2. The molecule has 0 unspecified atom stereocenters. The molecule has 0 aliphatic heterocycles. The van der Waals surface area contributed by atoms with E-state index in [1.807, 2.05) is 17.7 Å². The van der Waals surface area contributed by atoms with Gasteiger partial charge in [-0.2, -0.15) is 0 Å². The van der Waals surface area contributed by atoms with Crippen LogP contribution < -0.4 is 5.32 Å². The molecule has 21 heavy (non-hydrogen) atoms. The average Bonchev–Trinajstić information content (AvgIpc) is 3.10. The third-order valence-corrected chi connectivity index (χ3v) is 4.83. The van der Waals surface area contributed by atoms with Crippen molar-refractivity contribution >= 4 is 22.4 Å². The molecule has 4 heteroatoms. The van der Waals surface area contributed by atoms with Gasteiger partial charge in [0.25, 0.3) is 0 Å². The molecule has 0 aliphatic carbocycles. The molecule has 2 aromatic heterocycles. The Hall–Kier alpha value is -1.65. The molecule has 1 aromatic carbocycles. The second-order valence-electron chi connectivity index (χ2n) is 5.44. The monoisotopic (exact) mass is 299 g/mol. The summed E-state index contributed by atoms with van der Waals surface area (Å²) in [5.74, 6) is 0. The lowest BCUT2D eigenvalue weighted by Gasteiger charge is -2.07. The van der Waals surface area contributed by atoms with Gasteiger partial charge in [0, 0.05) is 24.5 Å². The van der Waals surface area contributed by atoms with E-state index in [1.165, 1.54) is 21.5 Å². The summed E-state index contributed by atoms with van der Waals surface area (Å²) in [5, 5.41) is 5.65. The summed E-state index contributed by atoms with van der Waals surface area (Å²) < 4.78 is 2.24. The fourth-order valence-electron chi connectivity index (χ4n) is 2.48. The van der Waals surface area contributed by atoms with Gasteiger partial charge in [0.1, 0.15) is 0 Å². The molecule has 3 rings (SSSR count). The van der Waals surface area contributed by atoms with Crippen LogP contribution in [0.3, 0.4) is 0 Å². The van der Waals surface area contributed by atoms with E-state index in [4.69, 9.17) is 0 Å². The first-order valence-electron chi connectivity index (χ1n) is 7.39. The Labute approximate surface area is 129 Å². The van der Waals surface area contributed by atoms with E-state index < -0.39 is 0 Å². The van der Waals surface area contributed by atoms with Gasteiger partial charge in [0.15, 0.2) is 0 Å². The molecule has 0 saturated heterocycles. The van der Waals surface area contributed by atoms with Gasteiger partial charge in [-0.15, -0.1) is 11.3 Å². The Bertz CT molecular complexity index is 713. The van der Waals surface area contributed by atoms with Crippen molar-refractivity contribution in [3.05, 3.63) is 52.0 Å². The standard InChI is InChI=1S/C17H21N3S/c1-13-10-16-17(11-14(13)2)20(12-19-16)8-7-18-6-5-15-4-3-9-21-15/h3-4,9-12,18H,5-8H2,1-2H3. The Morgan fingerprint density at radius 3 is 2.86 bits per heavy atom. The predicted octanol–water partition coefficient (Wildman–Crippen LogP) is 3.55. The fourth-order valence-corrected chi connectivity index (χ4v) is 3.19. The number of imidazole rings is 1. The maximum atomic E-state index is 4.50. The van der Waals surface area contributed by atoms with Crippen molar-refractivity contribution in [3.8, 4) is 0 Å². The van der Waals surface area contributed by atoms with Gasteiger partial charge in [-0.1, -0.05) is 6.07 Å². The largest absolute Gasteiger partial charge is 0.329 e. The van der Waals surface area contributed by atoms with Crippen LogP contribution in [0.15, 0.2) is 36.0 Å². The number of rotatable bonds is 6. The Kier molecular flexibility index (Phi) is 4.36. The number of thiophene rings is 1. The number of hydrogen-bond donors (Lipinski definition) is 1. The Balaban J connectivity index is 1.54. The van der Waals surface area contributed by atoms with Crippen LogP contribution in [0, 0.1) is 13.8 Å². The van der Waals surface area contributed by atoms with Crippen molar-refractivity contribution < 1.29 is 0 Å². The summed E-state index contributed by atoms with van der Waals surface area (Å²) in [4.78, 5) is 5.94. The second kappa shape index (κ2) is 6.41. The molecule has 0 saturated carbocycles. The molecule has 1 N–H and O–H groups in total. The molecule has 0 radical (unpaired) electrons. The van der Waals surface area contributed by atoms with Crippen LogP contribution in [-0.4, -0.2) is 22.6 Å². The molecular weight excluding hydrogens is 278 g/mol. The zero-order chi connectivity index (χ0) is 14.7. The summed E-state index contributed by atoms with van der Waals surface area (Å²) in [6.07, 6.45) is 3.06. The van der Waals surface area contributed by atoms with E-state index in [2.05, 4.69) is 58.4 Å². The molecule has 3 aromatic rings. The molecule has 0 aliphatic rings. The SMILES string of the molecule is Cc1cc2ncn(CCNCCc3cccs3)c2cc1C. The van der Waals surface area contributed by atoms with Crippen molar-refractivity contribution in [2.24, 2.45) is 0 Å². The maximum Gasteiger partial charge on any atom is 0.0958 e. The van der Waals surface area contributed by atoms with E-state index >= 15 is 0 Å². The number of aryl methyl sites for hydroxylation is 2. The fraction of sp³-hybridized carbons (Fsp3) is 0.353. The molecular formula is C17H21N3S. The normalized spacial score (nSPS) is 11.3. The zero-order valence-corrected chi connectivity index (χ0v) is 13.4. The van der Waals surface area contributed by atoms with Crippen LogP contribution >= 0.6 is 11.3 Å². The number of aromatic nitrogens is 2. The van der Waals surface area contributed by atoms with Crippen molar-refractivity contribution in [1.82, 2.24) is 14.9 Å². The van der Waals surface area contributed by atoms with E-state index in [0.29, 0.717) is 0 Å². The number of fused-ring (bicyclic) bond motifs is 1. The van der Waals surface area contributed by atoms with Crippen LogP contribution in [-0.2, 0) is 13.0 Å². The van der Waals surface area contributed by atoms with Crippen LogP contribution in [0.2, 0.25) is 0 Å². The van der Waals surface area contributed by atoms with E-state index in [-0.39, 0.29) is 0 Å². The molecule has 0 amide bonds. The van der Waals surface area contributed by atoms with Gasteiger partial charge in [0.2, 0.25) is 0 Å². The zero-order valence-electron chi connectivity index (χ0n) is 12.6. The van der Waals surface area contributed by atoms with Gasteiger partial charge in [0.05, 0.1) is 17.4 Å². The van der Waals surface area contributed by atoms with E-state index in [9.17, 15) is 0 Å². The van der Waals surface area contributed by atoms with E-state index in [0.717, 1.165) is 31.6 Å². The van der Waals surface area contributed by atoms with E-state index in [1.54, 1.807) is 0 Å². The number of benzene rings is 1. The molecule has 110 valence electrons. The Morgan fingerprint density at radius 2 is 2.05 bits per heavy atom. The van der Waals surface area contributed by atoms with Gasteiger partial charge in [-0.05, 0) is 55.0 Å². The maximum absolute atomic E-state index is 4.50. The lowest BCUT2D eigenvalue weighted by atomic mass is 10.1. The molecule has 0 bridgehead atoms. The van der Waals surface area contributed by atoms with Crippen molar-refractivity contribution in [3.63, 3.8) is 0 Å². The lowest BCUT2D eigenvalue weighted by molar-refractivity contribution is 0.608. The number of nitrogens with one attached hydrogen (secondary N) is 1. The summed E-state index contributed by atoms with van der Waals surface area (Å²) >= 11 is 1.83. The topological polar surface area (TPSA) is 29.9 Å². The smallest absolute Gasteiger partial charge is 0.0958 e. The third-order valence-electron chi connectivity index (χ3n) is 3.89. The van der Waals surface area contributed by atoms with Crippen LogP contribution in [0.1, 0.15) is 16.0 Å². The molecule has 0 atom stereocenters. The van der Waals surface area contributed by atoms with Crippen LogP contribution in [0.25, 0.3) is 11.0 Å². The lowest BCUT2D eigenvalue weighted by Crippen LogP contribution is -2.21. The highest BCUT2D eigenvalue weighted by molar-refractivity contribution is 7.09. The van der Waals surface area contributed by atoms with Crippen molar-refractivity contribution in [1.29, 1.82) is 0 Å².